The summed E-state index contributed by atoms with van der Waals surface area (Å²) in [5.41, 5.74) is 1.07. The van der Waals surface area contributed by atoms with E-state index in [-0.39, 0.29) is 0 Å². The van der Waals surface area contributed by atoms with Gasteiger partial charge in [-0.25, -0.2) is 4.98 Å². The zero-order chi connectivity index (χ0) is 16.6. The Kier molecular flexibility index (Phi) is 4.02. The fourth-order valence-electron chi connectivity index (χ4n) is 2.38. The van der Waals surface area contributed by atoms with Crippen molar-refractivity contribution in [3.8, 4) is 17.0 Å². The molecule has 0 saturated carbocycles. The molecule has 0 N–H and O–H groups in total. The normalized spacial score (nSPS) is 11.7. The fraction of sp³-hybridized carbons (Fsp3) is 0.118. The van der Waals surface area contributed by atoms with Crippen molar-refractivity contribution in [2.75, 3.05) is 7.11 Å². The zero-order valence-corrected chi connectivity index (χ0v) is 13.6. The molecule has 0 fully saturated rings. The van der Waals surface area contributed by atoms with E-state index in [1.54, 1.807) is 18.2 Å². The second kappa shape index (κ2) is 5.85. The number of halogens is 4. The van der Waals surface area contributed by atoms with Crippen LogP contribution in [0.15, 0.2) is 53.0 Å². The van der Waals surface area contributed by atoms with E-state index in [4.69, 9.17) is 4.74 Å². The van der Waals surface area contributed by atoms with Crippen LogP contribution in [0.4, 0.5) is 13.2 Å². The number of ether oxygens (including phenoxy) is 1. The molecular weight excluding hydrogens is 371 g/mol. The van der Waals surface area contributed by atoms with Crippen LogP contribution in [-0.2, 0) is 6.18 Å². The van der Waals surface area contributed by atoms with Gasteiger partial charge < -0.3 is 4.74 Å². The van der Waals surface area contributed by atoms with Gasteiger partial charge >= 0.3 is 6.18 Å². The maximum absolute atomic E-state index is 13.0. The van der Waals surface area contributed by atoms with Gasteiger partial charge in [0.05, 0.1) is 18.2 Å². The summed E-state index contributed by atoms with van der Waals surface area (Å²) in [4.78, 5) is 4.33. The molecule has 23 heavy (non-hydrogen) atoms. The van der Waals surface area contributed by atoms with Crippen LogP contribution in [-0.4, -0.2) is 12.1 Å². The van der Waals surface area contributed by atoms with Crippen LogP contribution in [0.25, 0.3) is 22.0 Å². The predicted molar refractivity (Wildman–Crippen MR) is 86.4 cm³/mol. The number of pyridine rings is 1. The monoisotopic (exact) mass is 381 g/mol. The zero-order valence-electron chi connectivity index (χ0n) is 12.0. The second-order valence-corrected chi connectivity index (χ2v) is 5.87. The van der Waals surface area contributed by atoms with Crippen molar-refractivity contribution < 1.29 is 17.9 Å². The van der Waals surface area contributed by atoms with Gasteiger partial charge in [0.15, 0.2) is 0 Å². The minimum atomic E-state index is -4.39. The van der Waals surface area contributed by atoms with E-state index in [9.17, 15) is 13.2 Å². The first-order valence-corrected chi connectivity index (χ1v) is 7.50. The average molecular weight is 382 g/mol. The SMILES string of the molecule is COc1cc(-c2cccc(C(F)(F)F)c2)c2cc(Br)ccc2n1. The fourth-order valence-corrected chi connectivity index (χ4v) is 2.74. The van der Waals surface area contributed by atoms with E-state index in [1.165, 1.54) is 13.2 Å². The third kappa shape index (κ3) is 3.17. The Balaban J connectivity index is 2.28. The predicted octanol–water partition coefficient (Wildman–Crippen LogP) is 5.69. The smallest absolute Gasteiger partial charge is 0.416 e. The molecule has 2 aromatic carbocycles. The first-order valence-electron chi connectivity index (χ1n) is 6.70. The molecule has 0 radical (unpaired) electrons. The lowest BCUT2D eigenvalue weighted by Gasteiger charge is -2.12. The molecule has 118 valence electrons. The molecule has 3 aromatic rings. The summed E-state index contributed by atoms with van der Waals surface area (Å²) in [5, 5.41) is 0.750. The summed E-state index contributed by atoms with van der Waals surface area (Å²) in [6, 6.07) is 12.3. The van der Waals surface area contributed by atoms with Crippen LogP contribution in [0.2, 0.25) is 0 Å². The van der Waals surface area contributed by atoms with Crippen molar-refractivity contribution in [1.82, 2.24) is 4.98 Å². The van der Waals surface area contributed by atoms with Crippen molar-refractivity contribution >= 4 is 26.8 Å². The van der Waals surface area contributed by atoms with E-state index >= 15 is 0 Å². The minimum absolute atomic E-state index is 0.354. The highest BCUT2D eigenvalue weighted by Crippen LogP contribution is 2.36. The maximum atomic E-state index is 13.0. The molecule has 2 nitrogen and oxygen atoms in total. The van der Waals surface area contributed by atoms with Gasteiger partial charge in [0.2, 0.25) is 5.88 Å². The minimum Gasteiger partial charge on any atom is -0.481 e. The molecule has 0 atom stereocenters. The Morgan fingerprint density at radius 1 is 1.04 bits per heavy atom. The number of aromatic nitrogens is 1. The Hall–Kier alpha value is -2.08. The number of fused-ring (bicyclic) bond motifs is 1. The van der Waals surface area contributed by atoms with Crippen LogP contribution in [0, 0.1) is 0 Å². The van der Waals surface area contributed by atoms with E-state index in [2.05, 4.69) is 20.9 Å². The van der Waals surface area contributed by atoms with Crippen LogP contribution in [0.5, 0.6) is 5.88 Å². The number of hydrogen-bond donors (Lipinski definition) is 0. The van der Waals surface area contributed by atoms with Gasteiger partial charge in [-0.2, -0.15) is 13.2 Å². The van der Waals surface area contributed by atoms with E-state index in [1.807, 2.05) is 12.1 Å². The van der Waals surface area contributed by atoms with Crippen molar-refractivity contribution in [2.45, 2.75) is 6.18 Å². The van der Waals surface area contributed by atoms with Crippen LogP contribution >= 0.6 is 15.9 Å². The summed E-state index contributed by atoms with van der Waals surface area (Å²) in [5.74, 6) is 0.354. The number of rotatable bonds is 2. The molecular formula is C17H11BrF3NO. The Morgan fingerprint density at radius 2 is 1.83 bits per heavy atom. The standard InChI is InChI=1S/C17H11BrF3NO/c1-23-16-9-13(14-8-12(18)5-6-15(14)22-16)10-3-2-4-11(7-10)17(19,20)21/h2-9H,1H3. The van der Waals surface area contributed by atoms with Gasteiger partial charge in [-0.05, 0) is 41.5 Å². The van der Waals surface area contributed by atoms with Crippen LogP contribution in [0.1, 0.15) is 5.56 Å². The molecule has 0 aliphatic heterocycles. The summed E-state index contributed by atoms with van der Waals surface area (Å²) in [6.07, 6.45) is -4.39. The first-order chi connectivity index (χ1) is 10.9. The lowest BCUT2D eigenvalue weighted by molar-refractivity contribution is -0.137. The van der Waals surface area contributed by atoms with E-state index in [0.717, 1.165) is 22.0 Å². The Bertz CT molecular complexity index is 877. The summed E-state index contributed by atoms with van der Waals surface area (Å²) in [7, 11) is 1.48. The largest absolute Gasteiger partial charge is 0.481 e. The molecule has 3 rings (SSSR count). The van der Waals surface area contributed by atoms with Crippen molar-refractivity contribution in [1.29, 1.82) is 0 Å². The van der Waals surface area contributed by atoms with Crippen molar-refractivity contribution in [3.05, 3.63) is 58.6 Å². The molecule has 0 saturated heterocycles. The van der Waals surface area contributed by atoms with Crippen molar-refractivity contribution in [2.24, 2.45) is 0 Å². The number of benzene rings is 2. The lowest BCUT2D eigenvalue weighted by atomic mass is 9.99. The van der Waals surface area contributed by atoms with E-state index in [0.29, 0.717) is 22.5 Å². The number of nitrogens with zero attached hydrogens (tertiary/aromatic N) is 1. The Labute approximate surface area is 139 Å². The highest BCUT2D eigenvalue weighted by Gasteiger charge is 2.30. The molecule has 0 amide bonds. The molecule has 0 aliphatic rings. The van der Waals surface area contributed by atoms with Gasteiger partial charge in [0.1, 0.15) is 0 Å². The van der Waals surface area contributed by atoms with Gasteiger partial charge in [-0.3, -0.25) is 0 Å². The molecule has 1 aromatic heterocycles. The molecule has 6 heteroatoms. The number of alkyl halides is 3. The molecule has 1 heterocycles. The highest BCUT2D eigenvalue weighted by molar-refractivity contribution is 9.10. The lowest BCUT2D eigenvalue weighted by Crippen LogP contribution is -2.04. The molecule has 0 aliphatic carbocycles. The Morgan fingerprint density at radius 3 is 2.52 bits per heavy atom. The quantitative estimate of drug-likeness (QED) is 0.568. The molecule has 0 bridgehead atoms. The van der Waals surface area contributed by atoms with Crippen LogP contribution in [0.3, 0.4) is 0 Å². The summed E-state index contributed by atoms with van der Waals surface area (Å²) >= 11 is 3.38. The average Bonchev–Trinajstić information content (AvgIpc) is 2.53. The number of methoxy groups -OCH3 is 1. The van der Waals surface area contributed by atoms with Gasteiger partial charge in [-0.1, -0.05) is 28.1 Å². The topological polar surface area (TPSA) is 22.1 Å². The van der Waals surface area contributed by atoms with Gasteiger partial charge in [0.25, 0.3) is 0 Å². The molecule has 0 spiro atoms. The molecule has 0 unspecified atom stereocenters. The van der Waals surface area contributed by atoms with Crippen LogP contribution < -0.4 is 4.74 Å². The van der Waals surface area contributed by atoms with Crippen molar-refractivity contribution in [3.63, 3.8) is 0 Å². The van der Waals surface area contributed by atoms with Gasteiger partial charge in [-0.15, -0.1) is 0 Å². The summed E-state index contributed by atoms with van der Waals surface area (Å²) < 4.78 is 44.9. The second-order valence-electron chi connectivity index (χ2n) is 4.95. The maximum Gasteiger partial charge on any atom is 0.416 e. The first kappa shape index (κ1) is 15.8. The van der Waals surface area contributed by atoms with Gasteiger partial charge in [0, 0.05) is 15.9 Å². The highest BCUT2D eigenvalue weighted by atomic mass is 79.9. The third-order valence-corrected chi connectivity index (χ3v) is 3.95. The third-order valence-electron chi connectivity index (χ3n) is 3.46. The van der Waals surface area contributed by atoms with E-state index < -0.39 is 11.7 Å². The summed E-state index contributed by atoms with van der Waals surface area (Å²) in [6.45, 7) is 0. The number of hydrogen-bond acceptors (Lipinski definition) is 2.